The molecule has 148 valence electrons. The molecule has 0 bridgehead atoms. The van der Waals surface area contributed by atoms with Crippen LogP contribution in [0.2, 0.25) is 0 Å². The number of hydrogen-bond donors (Lipinski definition) is 1. The lowest BCUT2D eigenvalue weighted by Crippen LogP contribution is -2.22. The summed E-state index contributed by atoms with van der Waals surface area (Å²) in [6.07, 6.45) is 4.54. The van der Waals surface area contributed by atoms with Gasteiger partial charge in [-0.2, -0.15) is 0 Å². The van der Waals surface area contributed by atoms with Gasteiger partial charge >= 0.3 is 5.97 Å². The molecule has 8 heteroatoms. The van der Waals surface area contributed by atoms with E-state index in [1.807, 2.05) is 21.6 Å². The molecule has 1 fully saturated rings. The Kier molecular flexibility index (Phi) is 9.00. The zero-order valence-corrected chi connectivity index (χ0v) is 17.4. The van der Waals surface area contributed by atoms with Gasteiger partial charge in [-0.15, -0.1) is 0 Å². The van der Waals surface area contributed by atoms with E-state index in [0.717, 1.165) is 24.5 Å². The van der Waals surface area contributed by atoms with Gasteiger partial charge in [0, 0.05) is 42.8 Å². The van der Waals surface area contributed by atoms with Gasteiger partial charge in [0.2, 0.25) is 0 Å². The third-order valence-electron chi connectivity index (χ3n) is 4.07. The quantitative estimate of drug-likeness (QED) is 0.381. The van der Waals surface area contributed by atoms with E-state index >= 15 is 0 Å². The summed E-state index contributed by atoms with van der Waals surface area (Å²) < 4.78 is 5.02. The van der Waals surface area contributed by atoms with E-state index in [2.05, 4.69) is 5.32 Å². The number of nitrogens with zero attached hydrogens (tertiary/aromatic N) is 1. The van der Waals surface area contributed by atoms with E-state index in [0.29, 0.717) is 17.7 Å². The van der Waals surface area contributed by atoms with E-state index in [1.165, 1.54) is 17.1 Å². The summed E-state index contributed by atoms with van der Waals surface area (Å²) in [4.78, 5) is 36.9. The molecule has 1 saturated heterocycles. The fraction of sp³-hybridized carbons (Fsp3) is 0.526. The Morgan fingerprint density at radius 2 is 1.93 bits per heavy atom. The Hall–Kier alpha value is -1.67. The molecular weight excluding hydrogens is 384 g/mol. The van der Waals surface area contributed by atoms with Crippen molar-refractivity contribution in [2.24, 2.45) is 0 Å². The zero-order chi connectivity index (χ0) is 19.6. The van der Waals surface area contributed by atoms with Crippen LogP contribution in [0.5, 0.6) is 0 Å². The summed E-state index contributed by atoms with van der Waals surface area (Å²) >= 11 is 0. The van der Waals surface area contributed by atoms with Crippen LogP contribution >= 0.6 is 21.6 Å². The number of nitrogens with one attached hydrogen (secondary N) is 1. The van der Waals surface area contributed by atoms with E-state index in [4.69, 9.17) is 4.74 Å². The molecule has 1 atom stereocenters. The minimum absolute atomic E-state index is 0.105. The summed E-state index contributed by atoms with van der Waals surface area (Å²) in [6.45, 7) is -0.299. The first kappa shape index (κ1) is 21.6. The SMILES string of the molecule is CN(C)C(=O)c1ccc(NC(=O)COC(=O)CCCC[C@H]2CCSS2)cc1. The molecule has 1 aliphatic heterocycles. The lowest BCUT2D eigenvalue weighted by Gasteiger charge is -2.11. The minimum Gasteiger partial charge on any atom is -0.456 e. The first-order valence-electron chi connectivity index (χ1n) is 9.01. The van der Waals surface area contributed by atoms with Crippen LogP contribution in [-0.4, -0.2) is 54.4 Å². The topological polar surface area (TPSA) is 75.7 Å². The van der Waals surface area contributed by atoms with Crippen LogP contribution in [-0.2, 0) is 14.3 Å². The number of carbonyl (C=O) groups is 3. The average Bonchev–Trinajstić information content (AvgIpc) is 3.17. The van der Waals surface area contributed by atoms with Crippen molar-refractivity contribution < 1.29 is 19.1 Å². The highest BCUT2D eigenvalue weighted by molar-refractivity contribution is 8.77. The van der Waals surface area contributed by atoms with Crippen LogP contribution in [0.15, 0.2) is 24.3 Å². The summed E-state index contributed by atoms with van der Waals surface area (Å²) in [5.74, 6) is 0.383. The van der Waals surface area contributed by atoms with Gasteiger partial charge in [-0.25, -0.2) is 0 Å². The smallest absolute Gasteiger partial charge is 0.306 e. The molecular formula is C19H26N2O4S2. The Labute approximate surface area is 168 Å². The number of ether oxygens (including phenoxy) is 1. The maximum atomic E-state index is 11.9. The lowest BCUT2D eigenvalue weighted by molar-refractivity contribution is -0.147. The van der Waals surface area contributed by atoms with Crippen molar-refractivity contribution in [3.8, 4) is 0 Å². The van der Waals surface area contributed by atoms with E-state index in [9.17, 15) is 14.4 Å². The Morgan fingerprint density at radius 1 is 1.19 bits per heavy atom. The molecule has 6 nitrogen and oxygen atoms in total. The molecule has 27 heavy (non-hydrogen) atoms. The third-order valence-corrected chi connectivity index (χ3v) is 7.08. The molecule has 1 heterocycles. The second kappa shape index (κ2) is 11.2. The van der Waals surface area contributed by atoms with E-state index in [-0.39, 0.29) is 18.5 Å². The fourth-order valence-electron chi connectivity index (χ4n) is 2.58. The number of amides is 2. The molecule has 1 N–H and O–H groups in total. The van der Waals surface area contributed by atoms with Crippen molar-refractivity contribution in [1.29, 1.82) is 0 Å². The maximum absolute atomic E-state index is 11.9. The molecule has 0 spiro atoms. The number of anilines is 1. The molecule has 1 aromatic carbocycles. The van der Waals surface area contributed by atoms with Crippen LogP contribution in [0.1, 0.15) is 42.5 Å². The van der Waals surface area contributed by atoms with Crippen LogP contribution in [0, 0.1) is 0 Å². The standard InChI is InChI=1S/C19H26N2O4S2/c1-21(2)19(24)14-7-9-15(10-8-14)20-17(22)13-25-18(23)6-4-3-5-16-11-12-26-27-16/h7-10,16H,3-6,11-13H2,1-2H3,(H,20,22)/t16-/m0/s1. The van der Waals surface area contributed by atoms with Gasteiger partial charge in [0.25, 0.3) is 11.8 Å². The molecule has 2 rings (SSSR count). The summed E-state index contributed by atoms with van der Waals surface area (Å²) in [6, 6.07) is 6.59. The first-order valence-corrected chi connectivity index (χ1v) is 11.4. The van der Waals surface area contributed by atoms with Gasteiger partial charge in [0.15, 0.2) is 6.61 Å². The highest BCUT2D eigenvalue weighted by Gasteiger charge is 2.16. The number of hydrogen-bond acceptors (Lipinski definition) is 6. The number of carbonyl (C=O) groups excluding carboxylic acids is 3. The highest BCUT2D eigenvalue weighted by atomic mass is 33.1. The van der Waals surface area contributed by atoms with Crippen molar-refractivity contribution in [3.63, 3.8) is 0 Å². The predicted octanol–water partition coefficient (Wildman–Crippen LogP) is 3.58. The molecule has 0 aromatic heterocycles. The van der Waals surface area contributed by atoms with Crippen LogP contribution in [0.3, 0.4) is 0 Å². The van der Waals surface area contributed by atoms with Crippen LogP contribution in [0.4, 0.5) is 5.69 Å². The minimum atomic E-state index is -0.394. The summed E-state index contributed by atoms with van der Waals surface area (Å²) in [5.41, 5.74) is 1.09. The Bertz CT molecular complexity index is 644. The van der Waals surface area contributed by atoms with E-state index < -0.39 is 5.91 Å². The van der Waals surface area contributed by atoms with Crippen molar-refractivity contribution in [3.05, 3.63) is 29.8 Å². The first-order chi connectivity index (χ1) is 13.0. The molecule has 0 unspecified atom stereocenters. The van der Waals surface area contributed by atoms with Gasteiger partial charge in [0.1, 0.15) is 0 Å². The summed E-state index contributed by atoms with van der Waals surface area (Å²) in [7, 11) is 7.23. The average molecular weight is 411 g/mol. The number of unbranched alkanes of at least 4 members (excludes halogenated alkanes) is 1. The van der Waals surface area contributed by atoms with Crippen molar-refractivity contribution >= 4 is 45.1 Å². The Balaban J connectivity index is 1.62. The molecule has 1 aromatic rings. The maximum Gasteiger partial charge on any atom is 0.306 e. The fourth-order valence-corrected chi connectivity index (χ4v) is 5.60. The molecule has 0 aliphatic carbocycles. The lowest BCUT2D eigenvalue weighted by atomic mass is 10.1. The van der Waals surface area contributed by atoms with Gasteiger partial charge in [-0.05, 0) is 43.5 Å². The van der Waals surface area contributed by atoms with Crippen molar-refractivity contribution in [2.75, 3.05) is 31.8 Å². The zero-order valence-electron chi connectivity index (χ0n) is 15.7. The third kappa shape index (κ3) is 7.84. The Morgan fingerprint density at radius 3 is 2.56 bits per heavy atom. The second-order valence-electron chi connectivity index (χ2n) is 6.56. The van der Waals surface area contributed by atoms with E-state index in [1.54, 1.807) is 38.4 Å². The molecule has 0 saturated carbocycles. The van der Waals surface area contributed by atoms with Gasteiger partial charge in [-0.3, -0.25) is 14.4 Å². The number of benzene rings is 1. The number of esters is 1. The monoisotopic (exact) mass is 410 g/mol. The normalized spacial score (nSPS) is 16.0. The van der Waals surface area contributed by atoms with Gasteiger partial charge in [-0.1, -0.05) is 28.0 Å². The van der Waals surface area contributed by atoms with Gasteiger partial charge < -0.3 is 15.0 Å². The molecule has 2 amide bonds. The highest BCUT2D eigenvalue weighted by Crippen LogP contribution is 2.39. The second-order valence-corrected chi connectivity index (χ2v) is 9.35. The van der Waals surface area contributed by atoms with Gasteiger partial charge in [0.05, 0.1) is 0 Å². The summed E-state index contributed by atoms with van der Waals surface area (Å²) in [5, 5.41) is 3.37. The number of rotatable bonds is 9. The predicted molar refractivity (Wildman–Crippen MR) is 111 cm³/mol. The largest absolute Gasteiger partial charge is 0.456 e. The van der Waals surface area contributed by atoms with Crippen LogP contribution in [0.25, 0.3) is 0 Å². The molecule has 0 radical (unpaired) electrons. The molecule has 1 aliphatic rings. The van der Waals surface area contributed by atoms with Crippen molar-refractivity contribution in [1.82, 2.24) is 4.90 Å². The van der Waals surface area contributed by atoms with Crippen LogP contribution < -0.4 is 5.32 Å². The van der Waals surface area contributed by atoms with Crippen molar-refractivity contribution in [2.45, 2.75) is 37.4 Å².